The van der Waals surface area contributed by atoms with Gasteiger partial charge in [-0.05, 0) is 32.6 Å². The van der Waals surface area contributed by atoms with Gasteiger partial charge in [-0.1, -0.05) is 19.8 Å². The van der Waals surface area contributed by atoms with Crippen molar-refractivity contribution in [1.29, 1.82) is 0 Å². The zero-order valence-electron chi connectivity index (χ0n) is 12.6. The van der Waals surface area contributed by atoms with E-state index in [9.17, 15) is 4.79 Å². The van der Waals surface area contributed by atoms with Gasteiger partial charge in [0.25, 0.3) is 0 Å². The highest BCUT2D eigenvalue weighted by molar-refractivity contribution is 7.15. The Kier molecular flexibility index (Phi) is 5.40. The standard InChI is InChI=1S/C15H24N2O2S/c1-4-6-12-7-9-17(10-8-12)15-16-13(11(3)20-15)14(18)19-5-2/h12H,4-10H2,1-3H3. The minimum atomic E-state index is -0.298. The normalized spacial score (nSPS) is 16.4. The van der Waals surface area contributed by atoms with Crippen LogP contribution >= 0.6 is 11.3 Å². The molecule has 112 valence electrons. The van der Waals surface area contributed by atoms with E-state index < -0.39 is 0 Å². The molecule has 2 heterocycles. The highest BCUT2D eigenvalue weighted by atomic mass is 32.1. The van der Waals surface area contributed by atoms with Crippen LogP contribution in [0.5, 0.6) is 0 Å². The number of hydrogen-bond acceptors (Lipinski definition) is 5. The minimum absolute atomic E-state index is 0.298. The zero-order valence-corrected chi connectivity index (χ0v) is 13.5. The molecule has 0 aliphatic carbocycles. The van der Waals surface area contributed by atoms with Crippen LogP contribution in [0.3, 0.4) is 0 Å². The summed E-state index contributed by atoms with van der Waals surface area (Å²) in [5.74, 6) is 0.565. The van der Waals surface area contributed by atoms with Crippen molar-refractivity contribution in [2.45, 2.75) is 46.5 Å². The molecule has 0 aromatic carbocycles. The number of aromatic nitrogens is 1. The van der Waals surface area contributed by atoms with Crippen LogP contribution in [0.25, 0.3) is 0 Å². The summed E-state index contributed by atoms with van der Waals surface area (Å²) in [5.41, 5.74) is 0.488. The van der Waals surface area contributed by atoms with Crippen LogP contribution in [0.1, 0.15) is 54.9 Å². The summed E-state index contributed by atoms with van der Waals surface area (Å²) < 4.78 is 5.05. The molecule has 20 heavy (non-hydrogen) atoms. The van der Waals surface area contributed by atoms with Gasteiger partial charge in [0.1, 0.15) is 0 Å². The Bertz CT molecular complexity index is 451. The van der Waals surface area contributed by atoms with Gasteiger partial charge in [-0.25, -0.2) is 9.78 Å². The Balaban J connectivity index is 2.00. The molecule has 0 N–H and O–H groups in total. The van der Waals surface area contributed by atoms with Crippen molar-refractivity contribution in [3.05, 3.63) is 10.6 Å². The molecule has 5 heteroatoms. The lowest BCUT2D eigenvalue weighted by Crippen LogP contribution is -2.33. The number of thiazole rings is 1. The number of carbonyl (C=O) groups excluding carboxylic acids is 1. The molecule has 1 aliphatic heterocycles. The number of hydrogen-bond donors (Lipinski definition) is 0. The van der Waals surface area contributed by atoms with Gasteiger partial charge in [-0.3, -0.25) is 0 Å². The maximum Gasteiger partial charge on any atom is 0.358 e. The van der Waals surface area contributed by atoms with E-state index in [4.69, 9.17) is 4.74 Å². The second kappa shape index (κ2) is 7.07. The minimum Gasteiger partial charge on any atom is -0.461 e. The van der Waals surface area contributed by atoms with Crippen molar-refractivity contribution in [2.75, 3.05) is 24.6 Å². The van der Waals surface area contributed by atoms with Crippen LogP contribution < -0.4 is 4.90 Å². The number of esters is 1. The van der Waals surface area contributed by atoms with Gasteiger partial charge in [-0.2, -0.15) is 0 Å². The van der Waals surface area contributed by atoms with E-state index in [0.29, 0.717) is 12.3 Å². The fraction of sp³-hybridized carbons (Fsp3) is 0.733. The zero-order chi connectivity index (χ0) is 14.5. The highest BCUT2D eigenvalue weighted by Gasteiger charge is 2.23. The van der Waals surface area contributed by atoms with Gasteiger partial charge >= 0.3 is 5.97 Å². The lowest BCUT2D eigenvalue weighted by atomic mass is 9.93. The monoisotopic (exact) mass is 296 g/mol. The summed E-state index contributed by atoms with van der Waals surface area (Å²) in [5, 5.41) is 0.973. The van der Waals surface area contributed by atoms with E-state index in [1.165, 1.54) is 25.7 Å². The molecular formula is C15H24N2O2S. The molecule has 1 fully saturated rings. The average molecular weight is 296 g/mol. The number of nitrogens with zero attached hydrogens (tertiary/aromatic N) is 2. The summed E-state index contributed by atoms with van der Waals surface area (Å²) in [6.07, 6.45) is 5.08. The fourth-order valence-corrected chi connectivity index (χ4v) is 3.68. The summed E-state index contributed by atoms with van der Waals surface area (Å²) in [4.78, 5) is 19.6. The third kappa shape index (κ3) is 3.51. The summed E-state index contributed by atoms with van der Waals surface area (Å²) in [7, 11) is 0. The molecule has 0 saturated carbocycles. The van der Waals surface area contributed by atoms with E-state index in [-0.39, 0.29) is 5.97 Å². The molecular weight excluding hydrogens is 272 g/mol. The van der Waals surface area contributed by atoms with E-state index >= 15 is 0 Å². The van der Waals surface area contributed by atoms with Crippen LogP contribution in [0.4, 0.5) is 5.13 Å². The molecule has 0 spiro atoms. The summed E-state index contributed by atoms with van der Waals surface area (Å²) in [6, 6.07) is 0. The van der Waals surface area contributed by atoms with Crippen molar-refractivity contribution in [2.24, 2.45) is 5.92 Å². The van der Waals surface area contributed by atoms with Crippen LogP contribution in [0.15, 0.2) is 0 Å². The third-order valence-electron chi connectivity index (χ3n) is 3.84. The van der Waals surface area contributed by atoms with Crippen LogP contribution in [-0.4, -0.2) is 30.6 Å². The number of carbonyl (C=O) groups is 1. The largest absolute Gasteiger partial charge is 0.461 e. The average Bonchev–Trinajstić information content (AvgIpc) is 2.82. The van der Waals surface area contributed by atoms with Crippen molar-refractivity contribution in [1.82, 2.24) is 4.98 Å². The molecule has 0 radical (unpaired) electrons. The number of aryl methyl sites for hydroxylation is 1. The first-order valence-corrected chi connectivity index (χ1v) is 8.36. The van der Waals surface area contributed by atoms with Crippen LogP contribution in [-0.2, 0) is 4.74 Å². The Morgan fingerprint density at radius 1 is 1.40 bits per heavy atom. The summed E-state index contributed by atoms with van der Waals surface area (Å²) in [6.45, 7) is 8.52. The topological polar surface area (TPSA) is 42.4 Å². The van der Waals surface area contributed by atoms with Gasteiger partial charge < -0.3 is 9.64 Å². The van der Waals surface area contributed by atoms with Crippen molar-refractivity contribution >= 4 is 22.4 Å². The lowest BCUT2D eigenvalue weighted by molar-refractivity contribution is 0.0519. The Labute approximate surface area is 125 Å². The molecule has 1 saturated heterocycles. The highest BCUT2D eigenvalue weighted by Crippen LogP contribution is 2.30. The number of piperidine rings is 1. The molecule has 4 nitrogen and oxygen atoms in total. The number of ether oxygens (including phenoxy) is 1. The molecule has 1 aliphatic rings. The summed E-state index contributed by atoms with van der Waals surface area (Å²) >= 11 is 1.60. The van der Waals surface area contributed by atoms with Gasteiger partial charge in [-0.15, -0.1) is 11.3 Å². The number of rotatable bonds is 5. The number of anilines is 1. The van der Waals surface area contributed by atoms with E-state index in [2.05, 4.69) is 16.8 Å². The van der Waals surface area contributed by atoms with E-state index in [1.807, 2.05) is 13.8 Å². The maximum absolute atomic E-state index is 11.8. The third-order valence-corrected chi connectivity index (χ3v) is 4.87. The van der Waals surface area contributed by atoms with Crippen LogP contribution in [0.2, 0.25) is 0 Å². The van der Waals surface area contributed by atoms with Gasteiger partial charge in [0.15, 0.2) is 10.8 Å². The van der Waals surface area contributed by atoms with Crippen molar-refractivity contribution < 1.29 is 9.53 Å². The Morgan fingerprint density at radius 3 is 2.70 bits per heavy atom. The first-order valence-electron chi connectivity index (χ1n) is 7.55. The van der Waals surface area contributed by atoms with Crippen molar-refractivity contribution in [3.63, 3.8) is 0 Å². The lowest BCUT2D eigenvalue weighted by Gasteiger charge is -2.31. The van der Waals surface area contributed by atoms with Crippen LogP contribution in [0, 0.1) is 12.8 Å². The first-order chi connectivity index (χ1) is 9.65. The molecule has 0 bridgehead atoms. The quantitative estimate of drug-likeness (QED) is 0.778. The maximum atomic E-state index is 11.8. The predicted octanol–water partition coefficient (Wildman–Crippen LogP) is 3.64. The van der Waals surface area contributed by atoms with Gasteiger partial charge in [0, 0.05) is 18.0 Å². The molecule has 0 amide bonds. The molecule has 2 rings (SSSR count). The van der Waals surface area contributed by atoms with Gasteiger partial charge in [0.05, 0.1) is 6.61 Å². The van der Waals surface area contributed by atoms with Crippen molar-refractivity contribution in [3.8, 4) is 0 Å². The van der Waals surface area contributed by atoms with Gasteiger partial charge in [0.2, 0.25) is 0 Å². The Hall–Kier alpha value is -1.10. The second-order valence-electron chi connectivity index (χ2n) is 5.34. The molecule has 0 unspecified atom stereocenters. The predicted molar refractivity (Wildman–Crippen MR) is 82.7 cm³/mol. The SMILES string of the molecule is CCCC1CCN(c2nc(C(=O)OCC)c(C)s2)CC1. The fourth-order valence-electron chi connectivity index (χ4n) is 2.73. The second-order valence-corrected chi connectivity index (χ2v) is 6.52. The first kappa shape index (κ1) is 15.3. The van der Waals surface area contributed by atoms with E-state index in [1.54, 1.807) is 11.3 Å². The molecule has 1 aromatic rings. The van der Waals surface area contributed by atoms with E-state index in [0.717, 1.165) is 29.0 Å². The smallest absolute Gasteiger partial charge is 0.358 e. The Morgan fingerprint density at radius 2 is 2.10 bits per heavy atom. The molecule has 0 atom stereocenters. The molecule has 1 aromatic heterocycles.